The molecule has 8 heteroatoms. The van der Waals surface area contributed by atoms with Crippen LogP contribution in [0.4, 0.5) is 0 Å². The van der Waals surface area contributed by atoms with Crippen molar-refractivity contribution in [2.24, 2.45) is 0 Å². The third kappa shape index (κ3) is 3.59. The number of carbonyl (C=O) groups is 3. The molecule has 1 aromatic rings. The highest BCUT2D eigenvalue weighted by Gasteiger charge is 2.41. The van der Waals surface area contributed by atoms with Gasteiger partial charge in [0.1, 0.15) is 11.6 Å². The van der Waals surface area contributed by atoms with Gasteiger partial charge in [0.15, 0.2) is 0 Å². The van der Waals surface area contributed by atoms with E-state index in [-0.39, 0.29) is 24.8 Å². The number of aliphatic hydroxyl groups is 1. The molecule has 3 aliphatic heterocycles. The van der Waals surface area contributed by atoms with Gasteiger partial charge in [-0.3, -0.25) is 24.7 Å². The second kappa shape index (κ2) is 7.74. The van der Waals surface area contributed by atoms with Gasteiger partial charge in [-0.05, 0) is 44.5 Å². The number of imide groups is 1. The molecule has 0 bridgehead atoms. The molecule has 0 saturated carbocycles. The minimum Gasteiger partial charge on any atom is -0.383 e. The van der Waals surface area contributed by atoms with E-state index in [0.717, 1.165) is 13.1 Å². The van der Waals surface area contributed by atoms with E-state index in [9.17, 15) is 19.5 Å². The molecule has 0 radical (unpaired) electrons. The van der Waals surface area contributed by atoms with Gasteiger partial charge in [0, 0.05) is 6.42 Å². The van der Waals surface area contributed by atoms with E-state index in [1.54, 1.807) is 12.1 Å². The summed E-state index contributed by atoms with van der Waals surface area (Å²) in [4.78, 5) is 42.0. The summed E-state index contributed by atoms with van der Waals surface area (Å²) in [6.45, 7) is 5.66. The van der Waals surface area contributed by atoms with Crippen LogP contribution in [0.1, 0.15) is 61.3 Å². The maximum absolute atomic E-state index is 12.6. The zero-order valence-electron chi connectivity index (χ0n) is 15.7. The minimum atomic E-state index is -0.981. The molecule has 0 aliphatic carbocycles. The number of fused-ring (bicyclic) bond motifs is 1. The summed E-state index contributed by atoms with van der Waals surface area (Å²) in [5.41, 5.74) is 0.640. The number of rotatable bonds is 2. The fourth-order valence-corrected chi connectivity index (χ4v) is 3.79. The minimum absolute atomic E-state index is 0.224. The van der Waals surface area contributed by atoms with E-state index in [2.05, 4.69) is 15.6 Å². The van der Waals surface area contributed by atoms with Crippen LogP contribution in [0.3, 0.4) is 0 Å². The van der Waals surface area contributed by atoms with Crippen LogP contribution in [0.15, 0.2) is 12.1 Å². The molecule has 2 saturated heterocycles. The van der Waals surface area contributed by atoms with Crippen molar-refractivity contribution in [1.29, 1.82) is 0 Å². The lowest BCUT2D eigenvalue weighted by atomic mass is 9.88. The van der Waals surface area contributed by atoms with Gasteiger partial charge in [-0.25, -0.2) is 0 Å². The standard InChI is InChI=1S/C17H20N4O4.C2H6/c22-14-4-2-12(15(23)20-14)21-9-11-10(16(21)24)1-3-13(19-11)17(25)5-7-18-8-6-17;1-2/h1,3,12,18,25H,2,4-9H2,(H,20,22,23);1-2H3. The number of pyridine rings is 1. The largest absolute Gasteiger partial charge is 0.383 e. The monoisotopic (exact) mass is 374 g/mol. The number of hydrogen-bond donors (Lipinski definition) is 3. The normalized spacial score (nSPS) is 24.0. The second-order valence-corrected chi connectivity index (χ2v) is 6.87. The number of aromatic nitrogens is 1. The van der Waals surface area contributed by atoms with Crippen LogP contribution in [-0.4, -0.2) is 51.8 Å². The molecule has 3 N–H and O–H groups in total. The number of hydrogen-bond acceptors (Lipinski definition) is 6. The first kappa shape index (κ1) is 19.4. The average molecular weight is 374 g/mol. The Labute approximate surface area is 158 Å². The Hall–Kier alpha value is -2.32. The first-order chi connectivity index (χ1) is 13.0. The van der Waals surface area contributed by atoms with Crippen LogP contribution in [0, 0.1) is 0 Å². The first-order valence-electron chi connectivity index (χ1n) is 9.56. The molecule has 0 aromatic carbocycles. The van der Waals surface area contributed by atoms with Gasteiger partial charge in [0.2, 0.25) is 11.8 Å². The summed E-state index contributed by atoms with van der Waals surface area (Å²) in [6.07, 6.45) is 1.70. The van der Waals surface area contributed by atoms with Crippen molar-refractivity contribution in [2.75, 3.05) is 13.1 Å². The second-order valence-electron chi connectivity index (χ2n) is 6.87. The molecule has 4 rings (SSSR count). The summed E-state index contributed by atoms with van der Waals surface area (Å²) in [5, 5.41) is 16.3. The number of piperidine rings is 2. The van der Waals surface area contributed by atoms with Crippen LogP contribution < -0.4 is 10.6 Å². The average Bonchev–Trinajstić information content (AvgIpc) is 3.00. The zero-order chi connectivity index (χ0) is 19.6. The molecule has 1 atom stereocenters. The van der Waals surface area contributed by atoms with Crippen LogP contribution in [0.25, 0.3) is 0 Å². The highest BCUT2D eigenvalue weighted by Crippen LogP contribution is 2.32. The number of nitrogens with one attached hydrogen (secondary N) is 2. The Kier molecular flexibility index (Phi) is 5.57. The Morgan fingerprint density at radius 1 is 1.19 bits per heavy atom. The lowest BCUT2D eigenvalue weighted by molar-refractivity contribution is -0.136. The molecule has 3 aliphatic rings. The molecular formula is C19H26N4O4. The highest BCUT2D eigenvalue weighted by atomic mass is 16.3. The van der Waals surface area contributed by atoms with E-state index in [0.29, 0.717) is 36.2 Å². The smallest absolute Gasteiger partial charge is 0.256 e. The topological polar surface area (TPSA) is 112 Å². The van der Waals surface area contributed by atoms with Gasteiger partial charge in [0.05, 0.1) is 23.5 Å². The molecule has 4 heterocycles. The molecule has 3 amide bonds. The van der Waals surface area contributed by atoms with E-state index in [4.69, 9.17) is 0 Å². The third-order valence-corrected chi connectivity index (χ3v) is 5.28. The number of amides is 3. The van der Waals surface area contributed by atoms with E-state index in [1.165, 1.54) is 4.90 Å². The predicted molar refractivity (Wildman–Crippen MR) is 97.6 cm³/mol. The summed E-state index contributed by atoms with van der Waals surface area (Å²) in [7, 11) is 0. The van der Waals surface area contributed by atoms with E-state index >= 15 is 0 Å². The number of nitrogens with zero attached hydrogens (tertiary/aromatic N) is 2. The highest BCUT2D eigenvalue weighted by molar-refractivity contribution is 6.05. The Morgan fingerprint density at radius 3 is 2.56 bits per heavy atom. The molecular weight excluding hydrogens is 348 g/mol. The molecule has 1 unspecified atom stereocenters. The lowest BCUT2D eigenvalue weighted by Gasteiger charge is -2.32. The maximum atomic E-state index is 12.6. The predicted octanol–water partition coefficient (Wildman–Crippen LogP) is 0.440. The SMILES string of the molecule is CC.O=C1CCC(N2Cc3nc(C4(O)CCNCC4)ccc3C2=O)C(=O)N1. The Bertz CT molecular complexity index is 758. The van der Waals surface area contributed by atoms with Crippen molar-refractivity contribution < 1.29 is 19.5 Å². The molecule has 8 nitrogen and oxygen atoms in total. The lowest BCUT2D eigenvalue weighted by Crippen LogP contribution is -2.52. The zero-order valence-corrected chi connectivity index (χ0v) is 15.7. The number of carbonyl (C=O) groups excluding carboxylic acids is 3. The van der Waals surface area contributed by atoms with Crippen LogP contribution in [0.2, 0.25) is 0 Å². The fraction of sp³-hybridized carbons (Fsp3) is 0.579. The van der Waals surface area contributed by atoms with E-state index in [1.807, 2.05) is 13.8 Å². The van der Waals surface area contributed by atoms with Gasteiger partial charge < -0.3 is 15.3 Å². The van der Waals surface area contributed by atoms with Crippen LogP contribution >= 0.6 is 0 Å². The van der Waals surface area contributed by atoms with Crippen molar-refractivity contribution >= 4 is 17.7 Å². The van der Waals surface area contributed by atoms with Crippen molar-refractivity contribution in [1.82, 2.24) is 20.5 Å². The Balaban J connectivity index is 0.00000102. The maximum Gasteiger partial charge on any atom is 0.256 e. The van der Waals surface area contributed by atoms with Gasteiger partial charge in [-0.2, -0.15) is 0 Å². The van der Waals surface area contributed by atoms with Gasteiger partial charge in [-0.1, -0.05) is 13.8 Å². The fourth-order valence-electron chi connectivity index (χ4n) is 3.79. The third-order valence-electron chi connectivity index (χ3n) is 5.28. The van der Waals surface area contributed by atoms with Crippen molar-refractivity contribution in [3.8, 4) is 0 Å². The molecule has 2 fully saturated rings. The summed E-state index contributed by atoms with van der Waals surface area (Å²) < 4.78 is 0. The molecule has 0 spiro atoms. The molecule has 146 valence electrons. The summed E-state index contributed by atoms with van der Waals surface area (Å²) in [6, 6.07) is 2.74. The van der Waals surface area contributed by atoms with Crippen molar-refractivity contribution in [2.45, 2.75) is 57.7 Å². The van der Waals surface area contributed by atoms with Crippen LogP contribution in [-0.2, 0) is 21.7 Å². The van der Waals surface area contributed by atoms with Gasteiger partial charge in [0.25, 0.3) is 5.91 Å². The van der Waals surface area contributed by atoms with Gasteiger partial charge >= 0.3 is 0 Å². The van der Waals surface area contributed by atoms with Crippen molar-refractivity contribution in [3.63, 3.8) is 0 Å². The van der Waals surface area contributed by atoms with Crippen LogP contribution in [0.5, 0.6) is 0 Å². The first-order valence-corrected chi connectivity index (χ1v) is 9.56. The Morgan fingerprint density at radius 2 is 1.89 bits per heavy atom. The van der Waals surface area contributed by atoms with E-state index < -0.39 is 17.6 Å². The van der Waals surface area contributed by atoms with Crippen molar-refractivity contribution in [3.05, 3.63) is 29.1 Å². The molecule has 27 heavy (non-hydrogen) atoms. The summed E-state index contributed by atoms with van der Waals surface area (Å²) in [5.74, 6) is -0.991. The molecule has 1 aromatic heterocycles. The summed E-state index contributed by atoms with van der Waals surface area (Å²) >= 11 is 0. The van der Waals surface area contributed by atoms with Gasteiger partial charge in [-0.15, -0.1) is 0 Å². The quantitative estimate of drug-likeness (QED) is 0.648.